The van der Waals surface area contributed by atoms with Gasteiger partial charge < -0.3 is 10.2 Å². The molecule has 1 unspecified atom stereocenters. The van der Waals surface area contributed by atoms with Crippen LogP contribution < -0.4 is 5.32 Å². The van der Waals surface area contributed by atoms with E-state index in [9.17, 15) is 9.59 Å². The molecule has 4 nitrogen and oxygen atoms in total. The Bertz CT molecular complexity index is 337. The van der Waals surface area contributed by atoms with Crippen LogP contribution in [0.2, 0.25) is 0 Å². The standard InChI is InChI=1S/C15H28N2O2/c1-6-15(4,5)16-13(18)12-8-7-9-17(10-12)14(19)11(2)3/h11-12H,6-10H2,1-5H3,(H,16,18). The first-order valence-electron chi connectivity index (χ1n) is 7.37. The fourth-order valence-corrected chi connectivity index (χ4v) is 2.28. The van der Waals surface area contributed by atoms with E-state index in [1.807, 2.05) is 32.6 Å². The molecule has 19 heavy (non-hydrogen) atoms. The van der Waals surface area contributed by atoms with Gasteiger partial charge in [-0.15, -0.1) is 0 Å². The van der Waals surface area contributed by atoms with E-state index >= 15 is 0 Å². The Kier molecular flexibility index (Phi) is 5.39. The molecule has 1 aliphatic heterocycles. The number of hydrogen-bond acceptors (Lipinski definition) is 2. The Balaban J connectivity index is 2.60. The quantitative estimate of drug-likeness (QED) is 0.849. The van der Waals surface area contributed by atoms with Crippen LogP contribution in [0.15, 0.2) is 0 Å². The van der Waals surface area contributed by atoms with Crippen LogP contribution in [0, 0.1) is 11.8 Å². The minimum atomic E-state index is -0.165. The number of rotatable bonds is 4. The maximum Gasteiger partial charge on any atom is 0.225 e. The van der Waals surface area contributed by atoms with Crippen molar-refractivity contribution in [3.63, 3.8) is 0 Å². The lowest BCUT2D eigenvalue weighted by molar-refractivity contribution is -0.138. The summed E-state index contributed by atoms with van der Waals surface area (Å²) in [4.78, 5) is 26.1. The molecule has 0 aliphatic carbocycles. The molecule has 4 heteroatoms. The Hall–Kier alpha value is -1.06. The molecule has 1 aliphatic rings. The van der Waals surface area contributed by atoms with E-state index in [0.29, 0.717) is 6.54 Å². The summed E-state index contributed by atoms with van der Waals surface area (Å²) < 4.78 is 0. The van der Waals surface area contributed by atoms with Gasteiger partial charge in [-0.3, -0.25) is 9.59 Å². The lowest BCUT2D eigenvalue weighted by Gasteiger charge is -2.35. The van der Waals surface area contributed by atoms with Crippen LogP contribution in [0.5, 0.6) is 0 Å². The number of hydrogen-bond donors (Lipinski definition) is 1. The maximum absolute atomic E-state index is 12.3. The third-order valence-corrected chi connectivity index (χ3v) is 3.94. The summed E-state index contributed by atoms with van der Waals surface area (Å²) in [5.41, 5.74) is -0.165. The summed E-state index contributed by atoms with van der Waals surface area (Å²) in [6.45, 7) is 11.3. The highest BCUT2D eigenvalue weighted by Crippen LogP contribution is 2.20. The summed E-state index contributed by atoms with van der Waals surface area (Å²) in [6, 6.07) is 0. The molecule has 1 N–H and O–H groups in total. The first kappa shape index (κ1) is 16.0. The fraction of sp³-hybridized carbons (Fsp3) is 0.867. The summed E-state index contributed by atoms with van der Waals surface area (Å²) in [5, 5.41) is 3.09. The molecule has 0 aromatic carbocycles. The number of carbonyl (C=O) groups excluding carboxylic acids is 2. The van der Waals surface area contributed by atoms with Crippen molar-refractivity contribution in [2.45, 2.75) is 59.4 Å². The van der Waals surface area contributed by atoms with Crippen LogP contribution in [-0.2, 0) is 9.59 Å². The van der Waals surface area contributed by atoms with Gasteiger partial charge in [0.15, 0.2) is 0 Å². The molecule has 1 saturated heterocycles. The van der Waals surface area contributed by atoms with E-state index in [1.165, 1.54) is 0 Å². The Morgan fingerprint density at radius 1 is 1.37 bits per heavy atom. The zero-order valence-corrected chi connectivity index (χ0v) is 13.0. The van der Waals surface area contributed by atoms with Gasteiger partial charge in [-0.25, -0.2) is 0 Å². The number of likely N-dealkylation sites (tertiary alicyclic amines) is 1. The van der Waals surface area contributed by atoms with Gasteiger partial charge in [0, 0.05) is 24.5 Å². The molecule has 1 atom stereocenters. The molecular formula is C15H28N2O2. The van der Waals surface area contributed by atoms with Gasteiger partial charge in [0.1, 0.15) is 0 Å². The molecule has 0 radical (unpaired) electrons. The monoisotopic (exact) mass is 268 g/mol. The number of nitrogens with zero attached hydrogens (tertiary/aromatic N) is 1. The van der Waals surface area contributed by atoms with Gasteiger partial charge in [-0.05, 0) is 33.1 Å². The van der Waals surface area contributed by atoms with Gasteiger partial charge in [0.2, 0.25) is 11.8 Å². The van der Waals surface area contributed by atoms with Gasteiger partial charge in [0.05, 0.1) is 5.92 Å². The minimum Gasteiger partial charge on any atom is -0.351 e. The number of amides is 2. The second-order valence-corrected chi connectivity index (χ2v) is 6.50. The Morgan fingerprint density at radius 3 is 2.53 bits per heavy atom. The molecule has 0 aromatic heterocycles. The van der Waals surface area contributed by atoms with Gasteiger partial charge in [-0.2, -0.15) is 0 Å². The smallest absolute Gasteiger partial charge is 0.225 e. The highest BCUT2D eigenvalue weighted by atomic mass is 16.2. The fourth-order valence-electron chi connectivity index (χ4n) is 2.28. The SMILES string of the molecule is CCC(C)(C)NC(=O)C1CCCN(C(=O)C(C)C)C1. The zero-order valence-electron chi connectivity index (χ0n) is 13.0. The van der Waals surface area contributed by atoms with Crippen molar-refractivity contribution in [2.24, 2.45) is 11.8 Å². The van der Waals surface area contributed by atoms with E-state index in [0.717, 1.165) is 25.8 Å². The predicted molar refractivity (Wildman–Crippen MR) is 76.7 cm³/mol. The molecule has 1 rings (SSSR count). The van der Waals surface area contributed by atoms with Gasteiger partial charge >= 0.3 is 0 Å². The van der Waals surface area contributed by atoms with Crippen molar-refractivity contribution >= 4 is 11.8 Å². The zero-order chi connectivity index (χ0) is 14.6. The predicted octanol–water partition coefficient (Wildman–Crippen LogP) is 2.19. The summed E-state index contributed by atoms with van der Waals surface area (Å²) in [7, 11) is 0. The average Bonchev–Trinajstić information content (AvgIpc) is 2.37. The molecule has 2 amide bonds. The van der Waals surface area contributed by atoms with Crippen molar-refractivity contribution in [3.8, 4) is 0 Å². The summed E-state index contributed by atoms with van der Waals surface area (Å²) in [5.74, 6) is 0.205. The van der Waals surface area contributed by atoms with Gasteiger partial charge in [-0.1, -0.05) is 20.8 Å². The highest BCUT2D eigenvalue weighted by Gasteiger charge is 2.31. The molecule has 0 saturated carbocycles. The lowest BCUT2D eigenvalue weighted by Crippen LogP contribution is -2.51. The number of carbonyl (C=O) groups is 2. The second-order valence-electron chi connectivity index (χ2n) is 6.50. The molecule has 110 valence electrons. The topological polar surface area (TPSA) is 49.4 Å². The number of nitrogens with one attached hydrogen (secondary N) is 1. The van der Waals surface area contributed by atoms with Crippen LogP contribution in [0.1, 0.15) is 53.9 Å². The van der Waals surface area contributed by atoms with Crippen molar-refractivity contribution in [1.29, 1.82) is 0 Å². The van der Waals surface area contributed by atoms with Crippen LogP contribution in [0.25, 0.3) is 0 Å². The highest BCUT2D eigenvalue weighted by molar-refractivity contribution is 5.82. The molecule has 1 heterocycles. The first-order chi connectivity index (χ1) is 8.76. The largest absolute Gasteiger partial charge is 0.351 e. The van der Waals surface area contributed by atoms with Crippen LogP contribution in [-0.4, -0.2) is 35.3 Å². The molecule has 0 aromatic rings. The second kappa shape index (κ2) is 6.40. The third kappa shape index (κ3) is 4.51. The molecule has 1 fully saturated rings. The molecule has 0 spiro atoms. The van der Waals surface area contributed by atoms with E-state index < -0.39 is 0 Å². The van der Waals surface area contributed by atoms with E-state index in [2.05, 4.69) is 12.2 Å². The third-order valence-electron chi connectivity index (χ3n) is 3.94. The summed E-state index contributed by atoms with van der Waals surface area (Å²) in [6.07, 6.45) is 2.71. The van der Waals surface area contributed by atoms with E-state index in [1.54, 1.807) is 0 Å². The van der Waals surface area contributed by atoms with Crippen LogP contribution in [0.4, 0.5) is 0 Å². The maximum atomic E-state index is 12.3. The van der Waals surface area contributed by atoms with Crippen molar-refractivity contribution in [2.75, 3.05) is 13.1 Å². The van der Waals surface area contributed by atoms with Crippen molar-refractivity contribution in [1.82, 2.24) is 10.2 Å². The minimum absolute atomic E-state index is 0.00824. The average molecular weight is 268 g/mol. The molecule has 0 bridgehead atoms. The molecular weight excluding hydrogens is 240 g/mol. The van der Waals surface area contributed by atoms with Crippen molar-refractivity contribution < 1.29 is 9.59 Å². The van der Waals surface area contributed by atoms with E-state index in [-0.39, 0.29) is 29.2 Å². The Morgan fingerprint density at radius 2 is 2.00 bits per heavy atom. The van der Waals surface area contributed by atoms with Crippen LogP contribution >= 0.6 is 0 Å². The Labute approximate surface area is 116 Å². The van der Waals surface area contributed by atoms with Gasteiger partial charge in [0.25, 0.3) is 0 Å². The summed E-state index contributed by atoms with van der Waals surface area (Å²) >= 11 is 0. The normalized spacial score (nSPS) is 20.5. The first-order valence-corrected chi connectivity index (χ1v) is 7.37. The van der Waals surface area contributed by atoms with Crippen LogP contribution in [0.3, 0.4) is 0 Å². The van der Waals surface area contributed by atoms with Crippen molar-refractivity contribution in [3.05, 3.63) is 0 Å². The number of piperidine rings is 1. The van der Waals surface area contributed by atoms with E-state index in [4.69, 9.17) is 0 Å². The lowest BCUT2D eigenvalue weighted by atomic mass is 9.94.